The molecule has 0 unspecified atom stereocenters. The van der Waals surface area contributed by atoms with Crippen LogP contribution in [0.1, 0.15) is 65.5 Å². The Morgan fingerprint density at radius 1 is 1.00 bits per heavy atom. The summed E-state index contributed by atoms with van der Waals surface area (Å²) in [5.74, 6) is 1.80. The summed E-state index contributed by atoms with van der Waals surface area (Å²) in [6, 6.07) is 14.0. The molecule has 1 N–H and O–H groups in total. The van der Waals surface area contributed by atoms with Gasteiger partial charge in [-0.1, -0.05) is 18.2 Å². The number of carbonyl (C=O) groups excluding carboxylic acids is 2. The van der Waals surface area contributed by atoms with Crippen molar-refractivity contribution in [1.82, 2.24) is 29.2 Å². The van der Waals surface area contributed by atoms with Crippen molar-refractivity contribution in [3.63, 3.8) is 0 Å². The number of aryl methyl sites for hydroxylation is 1. The van der Waals surface area contributed by atoms with Crippen LogP contribution in [0.15, 0.2) is 61.1 Å². The number of nitrogens with one attached hydrogen (secondary N) is 1. The second-order valence-electron chi connectivity index (χ2n) is 11.7. The quantitative estimate of drug-likeness (QED) is 0.276. The Labute approximate surface area is 242 Å². The SMILES string of the molecule is Cc1ccnc([C@H]2C[C@@H]2c2ccc3cccc(NCc4cn5cc(C6CC6)cc(N6CC(=O)N(C)C6=O)c5n4)c3n2)n1. The van der Waals surface area contributed by atoms with E-state index < -0.39 is 0 Å². The van der Waals surface area contributed by atoms with Gasteiger partial charge in [-0.2, -0.15) is 0 Å². The van der Waals surface area contributed by atoms with Crippen molar-refractivity contribution < 1.29 is 9.59 Å². The zero-order valence-electron chi connectivity index (χ0n) is 23.5. The first-order chi connectivity index (χ1) is 20.4. The highest BCUT2D eigenvalue weighted by atomic mass is 16.2. The number of imidazole rings is 1. The van der Waals surface area contributed by atoms with Gasteiger partial charge in [-0.05, 0) is 61.9 Å². The lowest BCUT2D eigenvalue weighted by molar-refractivity contribution is -0.123. The third-order valence-corrected chi connectivity index (χ3v) is 8.64. The van der Waals surface area contributed by atoms with Crippen LogP contribution in [0.5, 0.6) is 0 Å². The maximum atomic E-state index is 12.9. The molecule has 5 aromatic rings. The standard InChI is InChI=1S/C32H30N8O2/c1-18-10-11-33-30(35-18)24-13-23(24)25-9-8-20-4-3-5-26(29(20)37-25)34-14-22-16-39-15-21(19-6-7-19)12-27(31(39)36-22)40-17-28(41)38(2)32(40)42/h3-5,8-12,15-16,19,23-24,34H,6-7,13-14,17H2,1-2H3/t23-,24-/m0/s1. The van der Waals surface area contributed by atoms with Crippen LogP contribution in [-0.4, -0.2) is 54.8 Å². The summed E-state index contributed by atoms with van der Waals surface area (Å²) < 4.78 is 2.00. The molecule has 1 aromatic carbocycles. The fourth-order valence-corrected chi connectivity index (χ4v) is 6.01. The molecule has 8 rings (SSSR count). The van der Waals surface area contributed by atoms with Crippen molar-refractivity contribution in [2.45, 2.75) is 50.5 Å². The first-order valence-electron chi connectivity index (χ1n) is 14.5. The van der Waals surface area contributed by atoms with Crippen LogP contribution in [0.4, 0.5) is 16.2 Å². The maximum Gasteiger partial charge on any atom is 0.331 e. The Kier molecular flexibility index (Phi) is 5.53. The summed E-state index contributed by atoms with van der Waals surface area (Å²) in [7, 11) is 1.52. The third kappa shape index (κ3) is 4.25. The van der Waals surface area contributed by atoms with E-state index in [2.05, 4.69) is 39.7 Å². The number of carbonyl (C=O) groups is 2. The number of anilines is 2. The Hall–Kier alpha value is -4.86. The molecular weight excluding hydrogens is 528 g/mol. The van der Waals surface area contributed by atoms with Gasteiger partial charge in [0.25, 0.3) is 0 Å². The molecule has 10 heteroatoms. The molecule has 1 saturated heterocycles. The van der Waals surface area contributed by atoms with E-state index in [1.54, 1.807) is 0 Å². The number of nitrogens with zero attached hydrogens (tertiary/aromatic N) is 7. The lowest BCUT2D eigenvalue weighted by Gasteiger charge is -2.17. The molecule has 2 aliphatic carbocycles. The van der Waals surface area contributed by atoms with Gasteiger partial charge >= 0.3 is 6.03 Å². The molecule has 2 saturated carbocycles. The molecule has 0 spiro atoms. The van der Waals surface area contributed by atoms with E-state index in [0.717, 1.165) is 58.8 Å². The van der Waals surface area contributed by atoms with Gasteiger partial charge in [0.15, 0.2) is 5.65 Å². The van der Waals surface area contributed by atoms with Gasteiger partial charge in [-0.25, -0.2) is 19.7 Å². The van der Waals surface area contributed by atoms with Gasteiger partial charge in [-0.3, -0.25) is 19.6 Å². The summed E-state index contributed by atoms with van der Waals surface area (Å²) in [5, 5.41) is 4.63. The second-order valence-corrected chi connectivity index (χ2v) is 11.7. The van der Waals surface area contributed by atoms with E-state index in [0.29, 0.717) is 35.6 Å². The number of amides is 3. The van der Waals surface area contributed by atoms with Crippen molar-refractivity contribution in [2.75, 3.05) is 23.8 Å². The minimum Gasteiger partial charge on any atom is -0.378 e. The second kappa shape index (κ2) is 9.34. The molecule has 210 valence electrons. The number of hydrogen-bond acceptors (Lipinski definition) is 7. The van der Waals surface area contributed by atoms with Gasteiger partial charge in [0.05, 0.1) is 29.1 Å². The van der Waals surface area contributed by atoms with Crippen LogP contribution < -0.4 is 10.2 Å². The Bertz CT molecular complexity index is 1910. The molecule has 2 atom stereocenters. The van der Waals surface area contributed by atoms with Crippen LogP contribution >= 0.6 is 0 Å². The number of urea groups is 1. The fourth-order valence-electron chi connectivity index (χ4n) is 6.01. The average molecular weight is 559 g/mol. The number of rotatable bonds is 7. The maximum absolute atomic E-state index is 12.9. The van der Waals surface area contributed by atoms with Crippen LogP contribution in [-0.2, 0) is 11.3 Å². The molecule has 4 aromatic heterocycles. The van der Waals surface area contributed by atoms with Crippen molar-refractivity contribution in [1.29, 1.82) is 0 Å². The lowest BCUT2D eigenvalue weighted by atomic mass is 10.1. The van der Waals surface area contributed by atoms with Gasteiger partial charge in [0.2, 0.25) is 5.91 Å². The molecule has 3 fully saturated rings. The van der Waals surface area contributed by atoms with E-state index >= 15 is 0 Å². The fraction of sp³-hybridized carbons (Fsp3) is 0.312. The molecule has 5 heterocycles. The van der Waals surface area contributed by atoms with Crippen LogP contribution in [0.2, 0.25) is 0 Å². The largest absolute Gasteiger partial charge is 0.378 e. The first-order valence-corrected chi connectivity index (χ1v) is 14.5. The molecule has 3 amide bonds. The predicted octanol–water partition coefficient (Wildman–Crippen LogP) is 5.14. The van der Waals surface area contributed by atoms with Crippen molar-refractivity contribution in [2.24, 2.45) is 0 Å². The van der Waals surface area contributed by atoms with E-state index in [-0.39, 0.29) is 18.5 Å². The summed E-state index contributed by atoms with van der Waals surface area (Å²) >= 11 is 0. The Balaban J connectivity index is 1.08. The number of likely N-dealkylation sites (N-methyl/N-ethyl adjacent to an activating group) is 1. The summed E-state index contributed by atoms with van der Waals surface area (Å²) in [5.41, 5.74) is 7.27. The minimum atomic E-state index is -0.318. The number of benzene rings is 1. The monoisotopic (exact) mass is 558 g/mol. The van der Waals surface area contributed by atoms with Crippen molar-refractivity contribution >= 4 is 39.9 Å². The highest BCUT2D eigenvalue weighted by molar-refractivity contribution is 6.13. The van der Waals surface area contributed by atoms with E-state index in [4.69, 9.17) is 9.97 Å². The molecule has 1 aliphatic heterocycles. The summed E-state index contributed by atoms with van der Waals surface area (Å²) in [6.45, 7) is 2.51. The van der Waals surface area contributed by atoms with Gasteiger partial charge < -0.3 is 9.72 Å². The van der Waals surface area contributed by atoms with Crippen molar-refractivity contribution in [3.8, 4) is 0 Å². The molecule has 42 heavy (non-hydrogen) atoms. The zero-order valence-corrected chi connectivity index (χ0v) is 23.5. The van der Waals surface area contributed by atoms with Crippen molar-refractivity contribution in [3.05, 3.63) is 89.5 Å². The number of aromatic nitrogens is 5. The van der Waals surface area contributed by atoms with Gasteiger partial charge in [-0.15, -0.1) is 0 Å². The first kappa shape index (κ1) is 24.9. The number of para-hydroxylation sites is 1. The summed E-state index contributed by atoms with van der Waals surface area (Å²) in [4.78, 5) is 47.0. The zero-order chi connectivity index (χ0) is 28.5. The van der Waals surface area contributed by atoms with Crippen LogP contribution in [0.3, 0.4) is 0 Å². The number of imide groups is 1. The van der Waals surface area contributed by atoms with Gasteiger partial charge in [0.1, 0.15) is 12.4 Å². The summed E-state index contributed by atoms with van der Waals surface area (Å²) in [6.07, 6.45) is 9.22. The van der Waals surface area contributed by atoms with Gasteiger partial charge in [0, 0.05) is 54.2 Å². The van der Waals surface area contributed by atoms with E-state index in [1.165, 1.54) is 22.4 Å². The minimum absolute atomic E-state index is 0.0292. The van der Waals surface area contributed by atoms with Crippen LogP contribution in [0, 0.1) is 6.92 Å². The molecule has 10 nitrogen and oxygen atoms in total. The lowest BCUT2D eigenvalue weighted by Crippen LogP contribution is -2.30. The number of pyridine rings is 2. The smallest absolute Gasteiger partial charge is 0.331 e. The highest BCUT2D eigenvalue weighted by Crippen LogP contribution is 2.53. The third-order valence-electron chi connectivity index (χ3n) is 8.64. The Morgan fingerprint density at radius 2 is 1.88 bits per heavy atom. The Morgan fingerprint density at radius 3 is 2.67 bits per heavy atom. The molecular formula is C32H30N8O2. The van der Waals surface area contributed by atoms with E-state index in [1.807, 2.05) is 48.0 Å². The number of fused-ring (bicyclic) bond motifs is 2. The normalized spacial score (nSPS) is 20.2. The highest BCUT2D eigenvalue weighted by Gasteiger charge is 2.43. The average Bonchev–Trinajstić information content (AvgIpc) is 3.93. The predicted molar refractivity (Wildman–Crippen MR) is 159 cm³/mol. The van der Waals surface area contributed by atoms with Crippen LogP contribution in [0.25, 0.3) is 16.6 Å². The molecule has 0 radical (unpaired) electrons. The topological polar surface area (TPSA) is 109 Å². The number of hydrogen-bond donors (Lipinski definition) is 1. The molecule has 3 aliphatic rings. The molecule has 0 bridgehead atoms. The van der Waals surface area contributed by atoms with E-state index in [9.17, 15) is 9.59 Å².